The number of alkyl halides is 3. The van der Waals surface area contributed by atoms with Crippen LogP contribution in [0.4, 0.5) is 28.9 Å². The van der Waals surface area contributed by atoms with Gasteiger partial charge in [0.15, 0.2) is 5.78 Å². The summed E-state index contributed by atoms with van der Waals surface area (Å²) in [6.45, 7) is 2.70. The molecule has 0 aliphatic carbocycles. The van der Waals surface area contributed by atoms with Crippen molar-refractivity contribution < 1.29 is 27.1 Å². The fourth-order valence-corrected chi connectivity index (χ4v) is 3.36. The number of ketones is 1. The van der Waals surface area contributed by atoms with Crippen LogP contribution in [0.5, 0.6) is 5.75 Å². The average molecular weight is 396 g/mol. The number of Topliss-reactive ketones (excluding diaryl/α,β-unsaturated/α-hetero) is 1. The topological polar surface area (TPSA) is 41.6 Å². The molecule has 2 aromatic carbocycles. The highest BCUT2D eigenvalue weighted by molar-refractivity contribution is 5.99. The Hall–Kier alpha value is -2.77. The number of rotatable bonds is 5. The van der Waals surface area contributed by atoms with E-state index in [2.05, 4.69) is 15.0 Å². The van der Waals surface area contributed by atoms with Crippen molar-refractivity contribution in [2.24, 2.45) is 0 Å². The van der Waals surface area contributed by atoms with Gasteiger partial charge in [-0.2, -0.15) is 0 Å². The zero-order valence-electron chi connectivity index (χ0n) is 15.2. The van der Waals surface area contributed by atoms with Crippen LogP contribution in [0.2, 0.25) is 0 Å². The van der Waals surface area contributed by atoms with Gasteiger partial charge in [0, 0.05) is 30.5 Å². The van der Waals surface area contributed by atoms with Crippen molar-refractivity contribution in [2.45, 2.75) is 32.2 Å². The van der Waals surface area contributed by atoms with Gasteiger partial charge in [0.25, 0.3) is 0 Å². The molecule has 0 atom stereocenters. The minimum absolute atomic E-state index is 0.0604. The van der Waals surface area contributed by atoms with E-state index in [0.717, 1.165) is 18.5 Å². The summed E-state index contributed by atoms with van der Waals surface area (Å²) >= 11 is 0. The highest BCUT2D eigenvalue weighted by Gasteiger charge is 2.31. The lowest BCUT2D eigenvalue weighted by Crippen LogP contribution is -2.39. The van der Waals surface area contributed by atoms with Crippen molar-refractivity contribution in [1.82, 2.24) is 0 Å². The third kappa shape index (κ3) is 4.94. The Bertz CT molecular complexity index is 829. The number of hydrogen-bond donors (Lipinski definition) is 1. The molecule has 4 nitrogen and oxygen atoms in total. The Morgan fingerprint density at radius 2 is 1.75 bits per heavy atom. The minimum atomic E-state index is -4.71. The summed E-state index contributed by atoms with van der Waals surface area (Å²) in [6, 6.07) is 10.3. The lowest BCUT2D eigenvalue weighted by molar-refractivity contribution is -0.274. The summed E-state index contributed by atoms with van der Waals surface area (Å²) in [5.74, 6) is -1.13. The molecular formula is C20H20F4N2O2. The van der Waals surface area contributed by atoms with E-state index < -0.39 is 12.2 Å². The monoisotopic (exact) mass is 396 g/mol. The molecule has 1 aliphatic heterocycles. The van der Waals surface area contributed by atoms with Gasteiger partial charge in [0.05, 0.1) is 5.56 Å². The zero-order valence-corrected chi connectivity index (χ0v) is 15.2. The van der Waals surface area contributed by atoms with Crippen LogP contribution in [0.25, 0.3) is 0 Å². The fraction of sp³-hybridized carbons (Fsp3) is 0.350. The number of nitrogens with zero attached hydrogens (tertiary/aromatic N) is 1. The molecule has 1 heterocycles. The van der Waals surface area contributed by atoms with Gasteiger partial charge in [-0.3, -0.25) is 4.79 Å². The third-order valence-corrected chi connectivity index (χ3v) is 4.66. The molecule has 0 unspecified atom stereocenters. The third-order valence-electron chi connectivity index (χ3n) is 4.66. The Morgan fingerprint density at radius 1 is 1.11 bits per heavy atom. The Morgan fingerprint density at radius 3 is 2.32 bits per heavy atom. The predicted molar refractivity (Wildman–Crippen MR) is 98.4 cm³/mol. The van der Waals surface area contributed by atoms with Gasteiger partial charge in [0.1, 0.15) is 11.6 Å². The molecule has 2 aromatic rings. The van der Waals surface area contributed by atoms with E-state index in [1.807, 2.05) is 0 Å². The van der Waals surface area contributed by atoms with Gasteiger partial charge >= 0.3 is 6.36 Å². The van der Waals surface area contributed by atoms with E-state index in [9.17, 15) is 22.4 Å². The Labute approximate surface area is 160 Å². The van der Waals surface area contributed by atoms with Gasteiger partial charge in [-0.1, -0.05) is 6.07 Å². The van der Waals surface area contributed by atoms with E-state index in [-0.39, 0.29) is 23.1 Å². The van der Waals surface area contributed by atoms with Gasteiger partial charge in [-0.05, 0) is 56.2 Å². The summed E-state index contributed by atoms with van der Waals surface area (Å²) < 4.78 is 54.5. The quantitative estimate of drug-likeness (QED) is 0.570. The number of carbonyl (C=O) groups excluding carboxylic acids is 1. The molecule has 0 radical (unpaired) electrons. The molecule has 150 valence electrons. The SMILES string of the molecule is CC(=O)c1c(F)cccc1NC1CCN(c2ccc(OC(F)(F)F)cc2)CC1. The number of carbonyl (C=O) groups is 1. The first-order chi connectivity index (χ1) is 13.2. The van der Waals surface area contributed by atoms with Gasteiger partial charge in [-0.15, -0.1) is 13.2 Å². The maximum Gasteiger partial charge on any atom is 0.573 e. The molecule has 1 N–H and O–H groups in total. The molecule has 28 heavy (non-hydrogen) atoms. The molecule has 0 aromatic heterocycles. The van der Waals surface area contributed by atoms with E-state index in [1.54, 1.807) is 24.3 Å². The number of halogens is 4. The van der Waals surface area contributed by atoms with Crippen molar-refractivity contribution in [3.63, 3.8) is 0 Å². The van der Waals surface area contributed by atoms with Crippen LogP contribution < -0.4 is 15.0 Å². The Balaban J connectivity index is 1.59. The van der Waals surface area contributed by atoms with E-state index >= 15 is 0 Å². The molecular weight excluding hydrogens is 376 g/mol. The van der Waals surface area contributed by atoms with Gasteiger partial charge < -0.3 is 15.0 Å². The number of piperidine rings is 1. The highest BCUT2D eigenvalue weighted by Crippen LogP contribution is 2.28. The maximum absolute atomic E-state index is 13.9. The Kier molecular flexibility index (Phi) is 5.76. The summed E-state index contributed by atoms with van der Waals surface area (Å²) in [5.41, 5.74) is 1.35. The number of nitrogens with one attached hydrogen (secondary N) is 1. The minimum Gasteiger partial charge on any atom is -0.406 e. The molecule has 1 aliphatic rings. The first kappa shape index (κ1) is 20.0. The van der Waals surface area contributed by atoms with E-state index in [4.69, 9.17) is 0 Å². The summed E-state index contributed by atoms with van der Waals surface area (Å²) in [6.07, 6.45) is -3.22. The second-order valence-corrected chi connectivity index (χ2v) is 6.67. The summed E-state index contributed by atoms with van der Waals surface area (Å²) in [7, 11) is 0. The summed E-state index contributed by atoms with van der Waals surface area (Å²) in [5, 5.41) is 3.25. The number of ether oxygens (including phenoxy) is 1. The van der Waals surface area contributed by atoms with Crippen LogP contribution in [0.15, 0.2) is 42.5 Å². The zero-order chi connectivity index (χ0) is 20.3. The molecule has 1 fully saturated rings. The van der Waals surface area contributed by atoms with Crippen LogP contribution >= 0.6 is 0 Å². The number of anilines is 2. The normalized spacial score (nSPS) is 15.4. The smallest absolute Gasteiger partial charge is 0.406 e. The summed E-state index contributed by atoms with van der Waals surface area (Å²) in [4.78, 5) is 13.8. The first-order valence-electron chi connectivity index (χ1n) is 8.89. The molecule has 0 bridgehead atoms. The average Bonchev–Trinajstić information content (AvgIpc) is 2.61. The van der Waals surface area contributed by atoms with Crippen molar-refractivity contribution in [3.05, 3.63) is 53.8 Å². The van der Waals surface area contributed by atoms with E-state index in [1.165, 1.54) is 25.1 Å². The number of hydrogen-bond acceptors (Lipinski definition) is 4. The van der Waals surface area contributed by atoms with Crippen LogP contribution in [0, 0.1) is 5.82 Å². The molecule has 1 saturated heterocycles. The van der Waals surface area contributed by atoms with Crippen molar-refractivity contribution in [1.29, 1.82) is 0 Å². The number of benzene rings is 2. The molecule has 0 amide bonds. The van der Waals surface area contributed by atoms with Crippen LogP contribution in [0.1, 0.15) is 30.1 Å². The second kappa shape index (κ2) is 8.08. The van der Waals surface area contributed by atoms with Crippen LogP contribution in [-0.4, -0.2) is 31.3 Å². The van der Waals surface area contributed by atoms with Crippen LogP contribution in [-0.2, 0) is 0 Å². The van der Waals surface area contributed by atoms with Crippen molar-refractivity contribution >= 4 is 17.2 Å². The van der Waals surface area contributed by atoms with Gasteiger partial charge in [-0.25, -0.2) is 4.39 Å². The predicted octanol–water partition coefficient (Wildman–Crippen LogP) is 5.01. The standard InChI is InChI=1S/C20H20F4N2O2/c1-13(27)19-17(21)3-2-4-18(19)25-14-9-11-26(12-10-14)15-5-7-16(8-6-15)28-20(22,23)24/h2-8,14,25H,9-12H2,1H3. The van der Waals surface area contributed by atoms with Crippen LogP contribution in [0.3, 0.4) is 0 Å². The van der Waals surface area contributed by atoms with Crippen molar-refractivity contribution in [3.8, 4) is 5.75 Å². The van der Waals surface area contributed by atoms with E-state index in [0.29, 0.717) is 18.8 Å². The maximum atomic E-state index is 13.9. The largest absolute Gasteiger partial charge is 0.573 e. The highest BCUT2D eigenvalue weighted by atomic mass is 19.4. The molecule has 3 rings (SSSR count). The molecule has 0 spiro atoms. The second-order valence-electron chi connectivity index (χ2n) is 6.67. The van der Waals surface area contributed by atoms with Crippen molar-refractivity contribution in [2.75, 3.05) is 23.3 Å². The molecule has 0 saturated carbocycles. The first-order valence-corrected chi connectivity index (χ1v) is 8.89. The molecule has 8 heteroatoms. The van der Waals surface area contributed by atoms with Gasteiger partial charge in [0.2, 0.25) is 0 Å². The fourth-order valence-electron chi connectivity index (χ4n) is 3.36. The lowest BCUT2D eigenvalue weighted by atomic mass is 10.0. The lowest BCUT2D eigenvalue weighted by Gasteiger charge is -2.34.